The van der Waals surface area contributed by atoms with Crippen LogP contribution in [0.4, 0.5) is 0 Å². The summed E-state index contributed by atoms with van der Waals surface area (Å²) < 4.78 is 2.02. The lowest BCUT2D eigenvalue weighted by atomic mass is 9.84. The van der Waals surface area contributed by atoms with E-state index in [0.29, 0.717) is 18.4 Å². The van der Waals surface area contributed by atoms with E-state index in [2.05, 4.69) is 25.0 Å². The molecule has 1 N–H and O–H groups in total. The molecule has 2 unspecified atom stereocenters. The van der Waals surface area contributed by atoms with Gasteiger partial charge in [-0.1, -0.05) is 26.2 Å². The van der Waals surface area contributed by atoms with Gasteiger partial charge < -0.3 is 5.11 Å². The van der Waals surface area contributed by atoms with Crippen molar-refractivity contribution in [3.63, 3.8) is 0 Å². The Labute approximate surface area is 110 Å². The molecule has 1 aliphatic carbocycles. The normalized spacial score (nSPS) is 20.8. The third-order valence-electron chi connectivity index (χ3n) is 4.32. The summed E-state index contributed by atoms with van der Waals surface area (Å²) in [5.41, 5.74) is 1.04. The standard InChI is InChI=1S/C15H26N2O/c1-3-12(2)17-10-9-14(16-17)11-15(18)13-7-5-4-6-8-13/h9-10,12-13,15,18H,3-8,11H2,1-2H3. The Kier molecular flexibility index (Phi) is 4.81. The Morgan fingerprint density at radius 2 is 2.11 bits per heavy atom. The molecule has 0 bridgehead atoms. The number of aliphatic hydroxyl groups excluding tert-OH is 1. The van der Waals surface area contributed by atoms with Gasteiger partial charge in [0.05, 0.1) is 11.8 Å². The van der Waals surface area contributed by atoms with E-state index >= 15 is 0 Å². The Hall–Kier alpha value is -0.830. The zero-order valence-corrected chi connectivity index (χ0v) is 11.7. The lowest BCUT2D eigenvalue weighted by molar-refractivity contribution is 0.0841. The van der Waals surface area contributed by atoms with Gasteiger partial charge in [-0.3, -0.25) is 4.68 Å². The summed E-state index contributed by atoms with van der Waals surface area (Å²) in [4.78, 5) is 0. The van der Waals surface area contributed by atoms with Crippen LogP contribution in [-0.2, 0) is 6.42 Å². The summed E-state index contributed by atoms with van der Waals surface area (Å²) in [7, 11) is 0. The number of hydrogen-bond acceptors (Lipinski definition) is 2. The van der Waals surface area contributed by atoms with E-state index < -0.39 is 0 Å². The van der Waals surface area contributed by atoms with E-state index in [1.54, 1.807) is 0 Å². The molecule has 1 aromatic heterocycles. The first kappa shape index (κ1) is 13.6. The SMILES string of the molecule is CCC(C)n1ccc(CC(O)C2CCCCC2)n1. The summed E-state index contributed by atoms with van der Waals surface area (Å²) in [6.45, 7) is 4.34. The van der Waals surface area contributed by atoms with Gasteiger partial charge in [-0.05, 0) is 38.2 Å². The fourth-order valence-electron chi connectivity index (χ4n) is 2.82. The Morgan fingerprint density at radius 1 is 1.39 bits per heavy atom. The predicted molar refractivity (Wildman–Crippen MR) is 73.5 cm³/mol. The van der Waals surface area contributed by atoms with Crippen molar-refractivity contribution in [2.75, 3.05) is 0 Å². The first-order valence-corrected chi connectivity index (χ1v) is 7.42. The highest BCUT2D eigenvalue weighted by atomic mass is 16.3. The average molecular weight is 250 g/mol. The second-order valence-electron chi connectivity index (χ2n) is 5.71. The van der Waals surface area contributed by atoms with Crippen molar-refractivity contribution in [2.24, 2.45) is 5.92 Å². The zero-order chi connectivity index (χ0) is 13.0. The van der Waals surface area contributed by atoms with Crippen molar-refractivity contribution in [2.45, 2.75) is 70.9 Å². The van der Waals surface area contributed by atoms with Gasteiger partial charge in [0.1, 0.15) is 0 Å². The first-order valence-electron chi connectivity index (χ1n) is 7.42. The van der Waals surface area contributed by atoms with Gasteiger partial charge in [0, 0.05) is 18.7 Å². The van der Waals surface area contributed by atoms with Crippen LogP contribution in [0.1, 0.15) is 64.1 Å². The minimum Gasteiger partial charge on any atom is -0.392 e. The molecular weight excluding hydrogens is 224 g/mol. The molecular formula is C15H26N2O. The molecule has 0 spiro atoms. The third-order valence-corrected chi connectivity index (χ3v) is 4.32. The largest absolute Gasteiger partial charge is 0.392 e. The topological polar surface area (TPSA) is 38.0 Å². The maximum Gasteiger partial charge on any atom is 0.0650 e. The minimum absolute atomic E-state index is 0.203. The van der Waals surface area contributed by atoms with E-state index in [0.717, 1.165) is 12.1 Å². The predicted octanol–water partition coefficient (Wildman–Crippen LogP) is 3.34. The Bertz CT molecular complexity index is 355. The molecule has 0 amide bonds. The average Bonchev–Trinajstić information content (AvgIpc) is 2.87. The Balaban J connectivity index is 1.90. The zero-order valence-electron chi connectivity index (χ0n) is 11.7. The summed E-state index contributed by atoms with van der Waals surface area (Å²) in [6.07, 6.45) is 9.92. The van der Waals surface area contributed by atoms with Gasteiger partial charge in [0.15, 0.2) is 0 Å². The smallest absolute Gasteiger partial charge is 0.0650 e. The van der Waals surface area contributed by atoms with Crippen LogP contribution >= 0.6 is 0 Å². The maximum atomic E-state index is 10.3. The van der Waals surface area contributed by atoms with E-state index in [4.69, 9.17) is 0 Å². The number of aliphatic hydroxyl groups is 1. The lowest BCUT2D eigenvalue weighted by Gasteiger charge is -2.26. The van der Waals surface area contributed by atoms with Crippen molar-refractivity contribution >= 4 is 0 Å². The molecule has 3 heteroatoms. The third kappa shape index (κ3) is 3.35. The molecule has 0 aromatic carbocycles. The van der Waals surface area contributed by atoms with Crippen LogP contribution in [0.2, 0.25) is 0 Å². The quantitative estimate of drug-likeness (QED) is 0.870. The van der Waals surface area contributed by atoms with E-state index in [-0.39, 0.29) is 6.10 Å². The summed E-state index contributed by atoms with van der Waals surface area (Å²) >= 11 is 0. The molecule has 1 aromatic rings. The van der Waals surface area contributed by atoms with Gasteiger partial charge in [-0.25, -0.2) is 0 Å². The van der Waals surface area contributed by atoms with Crippen molar-refractivity contribution < 1.29 is 5.11 Å². The second kappa shape index (κ2) is 6.37. The first-order chi connectivity index (χ1) is 8.70. The van der Waals surface area contributed by atoms with Crippen molar-refractivity contribution in [1.29, 1.82) is 0 Å². The highest BCUT2D eigenvalue weighted by Crippen LogP contribution is 2.27. The van der Waals surface area contributed by atoms with Crippen molar-refractivity contribution in [3.8, 4) is 0 Å². The molecule has 0 saturated heterocycles. The molecule has 2 rings (SSSR count). The van der Waals surface area contributed by atoms with Crippen LogP contribution in [-0.4, -0.2) is 21.0 Å². The van der Waals surface area contributed by atoms with Crippen LogP contribution in [0.15, 0.2) is 12.3 Å². The summed E-state index contributed by atoms with van der Waals surface area (Å²) in [6, 6.07) is 2.50. The maximum absolute atomic E-state index is 10.3. The monoisotopic (exact) mass is 250 g/mol. The molecule has 0 radical (unpaired) electrons. The summed E-state index contributed by atoms with van der Waals surface area (Å²) in [5.74, 6) is 0.493. The summed E-state index contributed by atoms with van der Waals surface area (Å²) in [5, 5.41) is 14.9. The molecule has 1 saturated carbocycles. The van der Waals surface area contributed by atoms with Crippen molar-refractivity contribution in [1.82, 2.24) is 9.78 Å². The lowest BCUT2D eigenvalue weighted by Crippen LogP contribution is -2.25. The van der Waals surface area contributed by atoms with Crippen LogP contribution in [0.3, 0.4) is 0 Å². The van der Waals surface area contributed by atoms with Gasteiger partial charge in [0.25, 0.3) is 0 Å². The molecule has 0 aliphatic heterocycles. The van der Waals surface area contributed by atoms with Gasteiger partial charge >= 0.3 is 0 Å². The fourth-order valence-corrected chi connectivity index (χ4v) is 2.82. The number of rotatable bonds is 5. The van der Waals surface area contributed by atoms with Crippen LogP contribution in [0.25, 0.3) is 0 Å². The molecule has 1 fully saturated rings. The molecule has 1 heterocycles. The highest BCUT2D eigenvalue weighted by molar-refractivity contribution is 5.02. The van der Waals surface area contributed by atoms with E-state index in [9.17, 15) is 5.11 Å². The highest BCUT2D eigenvalue weighted by Gasteiger charge is 2.22. The molecule has 18 heavy (non-hydrogen) atoms. The molecule has 3 nitrogen and oxygen atoms in total. The van der Waals surface area contributed by atoms with Gasteiger partial charge in [-0.15, -0.1) is 0 Å². The van der Waals surface area contributed by atoms with E-state index in [1.807, 2.05) is 10.9 Å². The number of hydrogen-bond donors (Lipinski definition) is 1. The van der Waals surface area contributed by atoms with Crippen LogP contribution < -0.4 is 0 Å². The molecule has 2 atom stereocenters. The van der Waals surface area contributed by atoms with Crippen LogP contribution in [0.5, 0.6) is 0 Å². The van der Waals surface area contributed by atoms with E-state index in [1.165, 1.54) is 32.1 Å². The fraction of sp³-hybridized carbons (Fsp3) is 0.800. The van der Waals surface area contributed by atoms with Gasteiger partial charge in [-0.2, -0.15) is 5.10 Å². The second-order valence-corrected chi connectivity index (χ2v) is 5.71. The van der Waals surface area contributed by atoms with Gasteiger partial charge in [0.2, 0.25) is 0 Å². The number of nitrogens with zero attached hydrogens (tertiary/aromatic N) is 2. The molecule has 102 valence electrons. The van der Waals surface area contributed by atoms with Crippen molar-refractivity contribution in [3.05, 3.63) is 18.0 Å². The Morgan fingerprint density at radius 3 is 2.78 bits per heavy atom. The molecule has 1 aliphatic rings. The minimum atomic E-state index is -0.203. The van der Waals surface area contributed by atoms with Crippen LogP contribution in [0, 0.1) is 5.92 Å². The number of aromatic nitrogens is 2.